The van der Waals surface area contributed by atoms with Crippen molar-refractivity contribution < 1.29 is 0 Å². The lowest BCUT2D eigenvalue weighted by Gasteiger charge is -2.12. The maximum absolute atomic E-state index is 5.55. The van der Waals surface area contributed by atoms with E-state index < -0.39 is 0 Å². The van der Waals surface area contributed by atoms with Crippen LogP contribution in [-0.4, -0.2) is 14.5 Å². The van der Waals surface area contributed by atoms with Gasteiger partial charge in [0.1, 0.15) is 4.83 Å². The van der Waals surface area contributed by atoms with Gasteiger partial charge in [-0.1, -0.05) is 115 Å². The molecule has 0 amide bonds. The molecular formula is C42H23N3S2. The number of aromatic nitrogens is 3. The van der Waals surface area contributed by atoms with Crippen LogP contribution < -0.4 is 0 Å². The molecular weight excluding hydrogens is 611 g/mol. The second kappa shape index (κ2) is 9.46. The Kier molecular flexibility index (Phi) is 5.14. The van der Waals surface area contributed by atoms with E-state index in [2.05, 4.69) is 144 Å². The average Bonchev–Trinajstić information content (AvgIpc) is 3.81. The van der Waals surface area contributed by atoms with E-state index in [0.717, 1.165) is 27.0 Å². The zero-order chi connectivity index (χ0) is 30.6. The predicted octanol–water partition coefficient (Wildman–Crippen LogP) is 12.3. The molecule has 0 spiro atoms. The first-order chi connectivity index (χ1) is 23.3. The number of rotatable bonds is 2. The molecule has 0 aliphatic carbocycles. The molecule has 4 heterocycles. The van der Waals surface area contributed by atoms with E-state index in [9.17, 15) is 0 Å². The molecule has 0 aliphatic rings. The Balaban J connectivity index is 1.35. The molecule has 0 atom stereocenters. The highest BCUT2D eigenvalue weighted by molar-refractivity contribution is 7.27. The number of benzene rings is 7. The van der Waals surface area contributed by atoms with Gasteiger partial charge in [0, 0.05) is 47.3 Å². The Morgan fingerprint density at radius 3 is 1.89 bits per heavy atom. The highest BCUT2D eigenvalue weighted by Gasteiger charge is 2.24. The van der Waals surface area contributed by atoms with Crippen LogP contribution in [0.3, 0.4) is 0 Å². The molecule has 0 fully saturated rings. The van der Waals surface area contributed by atoms with Crippen LogP contribution in [0.4, 0.5) is 0 Å². The van der Waals surface area contributed by atoms with Crippen molar-refractivity contribution in [3.63, 3.8) is 0 Å². The van der Waals surface area contributed by atoms with Gasteiger partial charge in [-0.15, -0.1) is 22.7 Å². The van der Waals surface area contributed by atoms with Gasteiger partial charge in [0.25, 0.3) is 0 Å². The van der Waals surface area contributed by atoms with Crippen molar-refractivity contribution in [1.82, 2.24) is 14.5 Å². The summed E-state index contributed by atoms with van der Waals surface area (Å²) in [7, 11) is 0. The third kappa shape index (κ3) is 3.50. The number of hydrogen-bond donors (Lipinski definition) is 0. The predicted molar refractivity (Wildman–Crippen MR) is 203 cm³/mol. The van der Waals surface area contributed by atoms with Crippen LogP contribution >= 0.6 is 22.7 Å². The van der Waals surface area contributed by atoms with Gasteiger partial charge >= 0.3 is 0 Å². The minimum absolute atomic E-state index is 0.701. The van der Waals surface area contributed by atoms with Crippen molar-refractivity contribution >= 4 is 106 Å². The summed E-state index contributed by atoms with van der Waals surface area (Å²) in [4.78, 5) is 12.0. The van der Waals surface area contributed by atoms with Gasteiger partial charge in [-0.2, -0.15) is 0 Å². The molecule has 0 radical (unpaired) electrons. The summed E-state index contributed by atoms with van der Waals surface area (Å²) in [6.07, 6.45) is 0. The molecule has 7 aromatic carbocycles. The zero-order valence-electron chi connectivity index (χ0n) is 24.9. The lowest BCUT2D eigenvalue weighted by atomic mass is 9.99. The quantitative estimate of drug-likeness (QED) is 0.190. The summed E-state index contributed by atoms with van der Waals surface area (Å²) in [5.41, 5.74) is 4.35. The Bertz CT molecular complexity index is 3090. The number of nitrogens with zero attached hydrogens (tertiary/aromatic N) is 3. The summed E-state index contributed by atoms with van der Waals surface area (Å²) >= 11 is 3.61. The maximum Gasteiger partial charge on any atom is 0.236 e. The van der Waals surface area contributed by atoms with Gasteiger partial charge in [0.05, 0.1) is 21.4 Å². The Hall–Kier alpha value is -5.62. The van der Waals surface area contributed by atoms with E-state index in [4.69, 9.17) is 9.97 Å². The minimum Gasteiger partial charge on any atom is -0.276 e. The van der Waals surface area contributed by atoms with Crippen molar-refractivity contribution in [2.75, 3.05) is 0 Å². The van der Waals surface area contributed by atoms with Crippen LogP contribution in [0.15, 0.2) is 140 Å². The molecule has 11 rings (SSSR count). The Morgan fingerprint density at radius 1 is 0.468 bits per heavy atom. The number of hydrogen-bond acceptors (Lipinski definition) is 4. The molecule has 0 bridgehead atoms. The van der Waals surface area contributed by atoms with Crippen molar-refractivity contribution in [2.45, 2.75) is 0 Å². The van der Waals surface area contributed by atoms with Crippen LogP contribution in [0, 0.1) is 0 Å². The summed E-state index contributed by atoms with van der Waals surface area (Å²) < 4.78 is 6.11. The molecule has 218 valence electrons. The standard InChI is InChI=1S/C42H23N3S2/c1-2-12-25-23-26(22-21-24(25)11-1)38-37-31-17-7-10-20-34(31)47-41(37)44-42(43-38)45-32-18-8-5-15-29(32)35-27-13-3-4-14-28(27)36-30-16-6-9-19-33(30)46-40(36)39(35)45/h1-23H. The minimum atomic E-state index is 0.701. The first kappa shape index (κ1) is 25.6. The largest absolute Gasteiger partial charge is 0.276 e. The number of thiophene rings is 2. The van der Waals surface area contributed by atoms with E-state index in [0.29, 0.717) is 5.95 Å². The third-order valence-corrected chi connectivity index (χ3v) is 11.8. The number of para-hydroxylation sites is 1. The number of fused-ring (bicyclic) bond motifs is 14. The Morgan fingerprint density at radius 2 is 1.09 bits per heavy atom. The fraction of sp³-hybridized carbons (Fsp3) is 0. The molecule has 0 aliphatic heterocycles. The topological polar surface area (TPSA) is 30.7 Å². The molecule has 11 aromatic rings. The smallest absolute Gasteiger partial charge is 0.236 e. The van der Waals surface area contributed by atoms with E-state index >= 15 is 0 Å². The lowest BCUT2D eigenvalue weighted by Crippen LogP contribution is -2.02. The van der Waals surface area contributed by atoms with Gasteiger partial charge in [-0.25, -0.2) is 9.97 Å². The third-order valence-electron chi connectivity index (χ3n) is 9.60. The molecule has 0 N–H and O–H groups in total. The van der Waals surface area contributed by atoms with Gasteiger partial charge < -0.3 is 0 Å². The second-order valence-electron chi connectivity index (χ2n) is 12.1. The highest BCUT2D eigenvalue weighted by atomic mass is 32.1. The van der Waals surface area contributed by atoms with Crippen molar-refractivity contribution in [2.24, 2.45) is 0 Å². The monoisotopic (exact) mass is 633 g/mol. The zero-order valence-corrected chi connectivity index (χ0v) is 26.6. The van der Waals surface area contributed by atoms with Crippen molar-refractivity contribution in [1.29, 1.82) is 0 Å². The molecule has 47 heavy (non-hydrogen) atoms. The van der Waals surface area contributed by atoms with E-state index in [1.807, 2.05) is 11.3 Å². The van der Waals surface area contributed by atoms with Crippen LogP contribution in [-0.2, 0) is 0 Å². The molecule has 0 unspecified atom stereocenters. The summed E-state index contributed by atoms with van der Waals surface area (Å²) in [5, 5.41) is 12.3. The highest BCUT2D eigenvalue weighted by Crippen LogP contribution is 2.48. The molecule has 4 aromatic heterocycles. The van der Waals surface area contributed by atoms with Crippen LogP contribution in [0.5, 0.6) is 0 Å². The van der Waals surface area contributed by atoms with E-state index in [-0.39, 0.29) is 0 Å². The maximum atomic E-state index is 5.55. The summed E-state index contributed by atoms with van der Waals surface area (Å²) in [6.45, 7) is 0. The molecule has 5 heteroatoms. The van der Waals surface area contributed by atoms with Crippen molar-refractivity contribution in [3.05, 3.63) is 140 Å². The normalized spacial score (nSPS) is 12.3. The average molecular weight is 634 g/mol. The summed E-state index contributed by atoms with van der Waals surface area (Å²) in [6, 6.07) is 50.3. The molecule has 3 nitrogen and oxygen atoms in total. The van der Waals surface area contributed by atoms with Crippen LogP contribution in [0.1, 0.15) is 0 Å². The van der Waals surface area contributed by atoms with Gasteiger partial charge in [0.2, 0.25) is 5.95 Å². The first-order valence-corrected chi connectivity index (χ1v) is 17.4. The van der Waals surface area contributed by atoms with Crippen LogP contribution in [0.2, 0.25) is 0 Å². The van der Waals surface area contributed by atoms with Gasteiger partial charge in [0.15, 0.2) is 0 Å². The molecule has 0 saturated carbocycles. The van der Waals surface area contributed by atoms with Crippen LogP contribution in [0.25, 0.3) is 101 Å². The van der Waals surface area contributed by atoms with E-state index in [1.54, 1.807) is 11.3 Å². The first-order valence-electron chi connectivity index (χ1n) is 15.8. The Labute approximate surface area is 276 Å². The fourth-order valence-corrected chi connectivity index (χ4v) is 9.92. The lowest BCUT2D eigenvalue weighted by molar-refractivity contribution is 1.02. The van der Waals surface area contributed by atoms with Gasteiger partial charge in [-0.3, -0.25) is 4.57 Å². The summed E-state index contributed by atoms with van der Waals surface area (Å²) in [5.74, 6) is 0.701. The van der Waals surface area contributed by atoms with Crippen molar-refractivity contribution in [3.8, 4) is 17.2 Å². The van der Waals surface area contributed by atoms with E-state index in [1.165, 1.54) is 68.1 Å². The SMILES string of the molecule is c1ccc2cc(-c3nc(-n4c5ccccc5c5c6ccccc6c6c7ccccc7sc6c54)nc4sc5ccccc5c34)ccc2c1. The second-order valence-corrected chi connectivity index (χ2v) is 14.2. The van der Waals surface area contributed by atoms with Gasteiger partial charge in [-0.05, 0) is 45.8 Å². The fourth-order valence-electron chi connectivity index (χ4n) is 7.59. The molecule has 0 saturated heterocycles.